The van der Waals surface area contributed by atoms with Gasteiger partial charge in [-0.25, -0.2) is 0 Å². The van der Waals surface area contributed by atoms with Crippen LogP contribution in [0.5, 0.6) is 5.75 Å². The predicted molar refractivity (Wildman–Crippen MR) is 152 cm³/mol. The van der Waals surface area contributed by atoms with Crippen molar-refractivity contribution < 1.29 is 19.1 Å². The van der Waals surface area contributed by atoms with Crippen molar-refractivity contribution in [2.24, 2.45) is 0 Å². The van der Waals surface area contributed by atoms with Gasteiger partial charge in [0.2, 0.25) is 11.8 Å². The van der Waals surface area contributed by atoms with Crippen LogP contribution in [0.4, 0.5) is 0 Å². The monoisotopic (exact) mass is 545 g/mol. The molecule has 202 valence electrons. The van der Waals surface area contributed by atoms with Gasteiger partial charge in [0.15, 0.2) is 0 Å². The Morgan fingerprint density at radius 2 is 1.74 bits per heavy atom. The third-order valence-electron chi connectivity index (χ3n) is 7.06. The number of ether oxygens (including phenoxy) is 2. The quantitative estimate of drug-likeness (QED) is 0.296. The lowest BCUT2D eigenvalue weighted by Crippen LogP contribution is -2.58. The molecule has 8 heteroatoms. The number of halogens is 1. The molecule has 1 aromatic heterocycles. The number of hydrogen-bond donors (Lipinski definition) is 0. The molecular formula is C31H32ClN3O4. The lowest BCUT2D eigenvalue weighted by molar-refractivity contribution is -0.166. The number of fused-ring (bicyclic) bond motifs is 1. The van der Waals surface area contributed by atoms with Crippen molar-refractivity contribution in [1.29, 1.82) is 0 Å². The minimum absolute atomic E-state index is 0.0272. The number of nitrogens with zero attached hydrogens (tertiary/aromatic N) is 3. The van der Waals surface area contributed by atoms with Crippen LogP contribution in [0.15, 0.2) is 91.1 Å². The Bertz CT molecular complexity index is 1420. The average Bonchev–Trinajstić information content (AvgIpc) is 3.36. The Hall–Kier alpha value is -3.81. The van der Waals surface area contributed by atoms with Crippen molar-refractivity contribution in [3.63, 3.8) is 0 Å². The highest BCUT2D eigenvalue weighted by Crippen LogP contribution is 2.27. The Morgan fingerprint density at radius 3 is 2.54 bits per heavy atom. The second-order valence-corrected chi connectivity index (χ2v) is 10.4. The molecule has 3 aromatic carbocycles. The van der Waals surface area contributed by atoms with E-state index in [1.165, 1.54) is 0 Å². The maximum absolute atomic E-state index is 13.5. The van der Waals surface area contributed by atoms with Crippen LogP contribution in [-0.4, -0.2) is 65.1 Å². The number of hydrogen-bond acceptors (Lipinski definition) is 4. The van der Waals surface area contributed by atoms with Crippen LogP contribution >= 0.6 is 11.6 Å². The predicted octanol–water partition coefficient (Wildman–Crippen LogP) is 5.02. The van der Waals surface area contributed by atoms with Gasteiger partial charge >= 0.3 is 0 Å². The SMILES string of the molecule is CN(Cc1ccccc1)C(=O)C[C@]1(COc2ccc(Cl)cc2)CN(C(=O)Cn2ccc3ccccc32)CCO1. The largest absolute Gasteiger partial charge is 0.490 e. The van der Waals surface area contributed by atoms with Gasteiger partial charge in [0.25, 0.3) is 0 Å². The molecule has 0 spiro atoms. The minimum atomic E-state index is -0.992. The molecule has 2 amide bonds. The summed E-state index contributed by atoms with van der Waals surface area (Å²) >= 11 is 6.03. The fourth-order valence-electron chi connectivity index (χ4n) is 4.93. The highest BCUT2D eigenvalue weighted by Gasteiger charge is 2.42. The number of morpholine rings is 1. The van der Waals surface area contributed by atoms with Crippen LogP contribution in [0.1, 0.15) is 12.0 Å². The molecule has 0 aliphatic carbocycles. The first kappa shape index (κ1) is 26.8. The van der Waals surface area contributed by atoms with Gasteiger partial charge in [0, 0.05) is 36.9 Å². The summed E-state index contributed by atoms with van der Waals surface area (Å²) in [6.45, 7) is 1.84. The number of rotatable bonds is 9. The van der Waals surface area contributed by atoms with Gasteiger partial charge in [-0.3, -0.25) is 9.59 Å². The van der Waals surface area contributed by atoms with E-state index in [1.54, 1.807) is 41.1 Å². The number of amides is 2. The van der Waals surface area contributed by atoms with Crippen LogP contribution in [0.3, 0.4) is 0 Å². The van der Waals surface area contributed by atoms with Gasteiger partial charge in [-0.15, -0.1) is 0 Å². The van der Waals surface area contributed by atoms with E-state index in [9.17, 15) is 9.59 Å². The molecule has 0 unspecified atom stereocenters. The number of para-hydroxylation sites is 1. The van der Waals surface area contributed by atoms with Gasteiger partial charge < -0.3 is 23.8 Å². The van der Waals surface area contributed by atoms with Crippen LogP contribution in [0.25, 0.3) is 10.9 Å². The average molecular weight is 546 g/mol. The van der Waals surface area contributed by atoms with Crippen LogP contribution in [0, 0.1) is 0 Å². The summed E-state index contributed by atoms with van der Waals surface area (Å²) in [5.74, 6) is 0.514. The number of aromatic nitrogens is 1. The smallest absolute Gasteiger partial charge is 0.242 e. The van der Waals surface area contributed by atoms with Gasteiger partial charge in [0.05, 0.1) is 19.6 Å². The van der Waals surface area contributed by atoms with Crippen molar-refractivity contribution in [1.82, 2.24) is 14.4 Å². The molecule has 7 nitrogen and oxygen atoms in total. The fraction of sp³-hybridized carbons (Fsp3) is 0.290. The van der Waals surface area contributed by atoms with Gasteiger partial charge in [-0.2, -0.15) is 0 Å². The molecule has 2 heterocycles. The molecule has 5 rings (SSSR count). The minimum Gasteiger partial charge on any atom is -0.490 e. The summed E-state index contributed by atoms with van der Waals surface area (Å²) in [7, 11) is 1.78. The zero-order valence-corrected chi connectivity index (χ0v) is 22.7. The first-order valence-corrected chi connectivity index (χ1v) is 13.4. The van der Waals surface area contributed by atoms with E-state index in [4.69, 9.17) is 21.1 Å². The second-order valence-electron chi connectivity index (χ2n) is 10.0. The first-order chi connectivity index (χ1) is 18.9. The zero-order valence-electron chi connectivity index (χ0n) is 22.0. The molecule has 1 fully saturated rings. The lowest BCUT2D eigenvalue weighted by Gasteiger charge is -2.42. The summed E-state index contributed by atoms with van der Waals surface area (Å²) in [6, 6.07) is 26.9. The number of carbonyl (C=O) groups is 2. The second kappa shape index (κ2) is 11.9. The maximum atomic E-state index is 13.5. The van der Waals surface area contributed by atoms with Gasteiger partial charge in [-0.05, 0) is 47.3 Å². The molecule has 0 radical (unpaired) electrons. The molecule has 1 aliphatic rings. The molecule has 1 atom stereocenters. The van der Waals surface area contributed by atoms with Crippen molar-refractivity contribution in [2.75, 3.05) is 33.4 Å². The van der Waals surface area contributed by atoms with E-state index in [-0.39, 0.29) is 37.9 Å². The Morgan fingerprint density at radius 1 is 1.00 bits per heavy atom. The number of carbonyl (C=O) groups excluding carboxylic acids is 2. The van der Waals surface area contributed by atoms with Crippen molar-refractivity contribution in [2.45, 2.75) is 25.1 Å². The molecule has 0 bridgehead atoms. The van der Waals surface area contributed by atoms with Crippen molar-refractivity contribution >= 4 is 34.3 Å². The fourth-order valence-corrected chi connectivity index (χ4v) is 5.05. The zero-order chi connectivity index (χ0) is 27.2. The van der Waals surface area contributed by atoms with E-state index in [0.29, 0.717) is 30.5 Å². The molecule has 0 saturated carbocycles. The van der Waals surface area contributed by atoms with Crippen LogP contribution in [-0.2, 0) is 27.4 Å². The summed E-state index contributed by atoms with van der Waals surface area (Å²) in [6.07, 6.45) is 2.02. The van der Waals surface area contributed by atoms with E-state index in [0.717, 1.165) is 16.5 Å². The molecule has 39 heavy (non-hydrogen) atoms. The summed E-state index contributed by atoms with van der Waals surface area (Å²) in [5.41, 5.74) is 1.06. The highest BCUT2D eigenvalue weighted by atomic mass is 35.5. The molecule has 1 saturated heterocycles. The van der Waals surface area contributed by atoms with Crippen molar-refractivity contribution in [3.05, 3.63) is 102 Å². The van der Waals surface area contributed by atoms with E-state index < -0.39 is 5.60 Å². The molecule has 1 aliphatic heterocycles. The molecule has 4 aromatic rings. The van der Waals surface area contributed by atoms with Crippen molar-refractivity contribution in [3.8, 4) is 5.75 Å². The highest BCUT2D eigenvalue weighted by molar-refractivity contribution is 6.30. The summed E-state index contributed by atoms with van der Waals surface area (Å²) < 4.78 is 14.3. The third kappa shape index (κ3) is 6.61. The Balaban J connectivity index is 1.32. The summed E-state index contributed by atoms with van der Waals surface area (Å²) in [5, 5.41) is 1.70. The van der Waals surface area contributed by atoms with Crippen LogP contribution in [0.2, 0.25) is 5.02 Å². The molecular weight excluding hydrogens is 514 g/mol. The summed E-state index contributed by atoms with van der Waals surface area (Å²) in [4.78, 5) is 30.4. The van der Waals surface area contributed by atoms with E-state index >= 15 is 0 Å². The third-order valence-corrected chi connectivity index (χ3v) is 7.32. The van der Waals surface area contributed by atoms with E-state index in [2.05, 4.69) is 0 Å². The maximum Gasteiger partial charge on any atom is 0.242 e. The lowest BCUT2D eigenvalue weighted by atomic mass is 9.96. The standard InChI is InChI=1S/C31H32ClN3O4/c1-33(20-24-7-3-2-4-8-24)29(36)19-31(23-38-27-13-11-26(32)12-14-27)22-35(17-18-39-31)30(37)21-34-16-15-25-9-5-6-10-28(25)34/h2-16H,17-23H2,1H3/t31-/m1/s1. The Labute approximate surface area is 233 Å². The van der Waals surface area contributed by atoms with Gasteiger partial charge in [0.1, 0.15) is 24.5 Å². The normalized spacial score (nSPS) is 17.2. The molecule has 0 N–H and O–H groups in total. The number of benzene rings is 3. The van der Waals surface area contributed by atoms with Gasteiger partial charge in [-0.1, -0.05) is 60.1 Å². The first-order valence-electron chi connectivity index (χ1n) is 13.0. The van der Waals surface area contributed by atoms with E-state index in [1.807, 2.05) is 71.4 Å². The van der Waals surface area contributed by atoms with Crippen LogP contribution < -0.4 is 4.74 Å². The topological polar surface area (TPSA) is 64.0 Å². The Kier molecular flexibility index (Phi) is 8.19.